The third-order valence-corrected chi connectivity index (χ3v) is 11.0. The van der Waals surface area contributed by atoms with Crippen molar-refractivity contribution in [3.63, 3.8) is 0 Å². The van der Waals surface area contributed by atoms with Gasteiger partial charge in [0, 0.05) is 19.3 Å². The van der Waals surface area contributed by atoms with Crippen LogP contribution in [0.4, 0.5) is 0 Å². The molecule has 370 valence electrons. The second-order valence-electron chi connectivity index (χ2n) is 18.1. The van der Waals surface area contributed by atoms with Gasteiger partial charge in [0.25, 0.3) is 0 Å². The molecule has 65 heavy (non-hydrogen) atoms. The van der Waals surface area contributed by atoms with Crippen LogP contribution >= 0.6 is 0 Å². The maximum Gasteiger partial charge on any atom is 0.306 e. The number of ether oxygens (including phenoxy) is 3. The molecule has 0 heterocycles. The largest absolute Gasteiger partial charge is 0.544 e. The molecule has 0 aromatic heterocycles. The van der Waals surface area contributed by atoms with Crippen LogP contribution in [0.2, 0.25) is 0 Å². The van der Waals surface area contributed by atoms with E-state index in [1.54, 1.807) is 21.1 Å². The molecule has 8 nitrogen and oxygen atoms in total. The molecule has 0 spiro atoms. The first kappa shape index (κ1) is 61.2. The molecule has 2 unspecified atom stereocenters. The number of allylic oxidation sites excluding steroid dienone is 16. The number of carbonyl (C=O) groups is 3. The number of carboxylic acid groups (broad SMARTS) is 1. The van der Waals surface area contributed by atoms with Crippen molar-refractivity contribution in [2.24, 2.45) is 0 Å². The van der Waals surface area contributed by atoms with Gasteiger partial charge in [-0.1, -0.05) is 182 Å². The lowest BCUT2D eigenvalue weighted by molar-refractivity contribution is -0.889. The number of hydrogen-bond acceptors (Lipinski definition) is 7. The highest BCUT2D eigenvalue weighted by Gasteiger charge is 2.25. The van der Waals surface area contributed by atoms with Crippen molar-refractivity contribution < 1.29 is 38.2 Å². The number of esters is 2. The van der Waals surface area contributed by atoms with Gasteiger partial charge in [0.2, 0.25) is 0 Å². The second kappa shape index (κ2) is 46.8. The van der Waals surface area contributed by atoms with Crippen LogP contribution < -0.4 is 5.11 Å². The lowest BCUT2D eigenvalue weighted by Crippen LogP contribution is -2.55. The van der Waals surface area contributed by atoms with E-state index in [-0.39, 0.29) is 49.1 Å². The van der Waals surface area contributed by atoms with Crippen molar-refractivity contribution >= 4 is 17.9 Å². The van der Waals surface area contributed by atoms with Gasteiger partial charge >= 0.3 is 11.9 Å². The topological polar surface area (TPSA) is 102 Å². The molecule has 8 heteroatoms. The molecule has 0 radical (unpaired) electrons. The maximum absolute atomic E-state index is 12.8. The highest BCUT2D eigenvalue weighted by atomic mass is 16.6. The van der Waals surface area contributed by atoms with Crippen LogP contribution in [0.15, 0.2) is 97.2 Å². The summed E-state index contributed by atoms with van der Waals surface area (Å²) in [5.74, 6) is -1.79. The number of unbranched alkanes of at least 4 members (excludes halogenated alkanes) is 16. The number of carboxylic acids is 1. The molecule has 0 N–H and O–H groups in total. The number of aliphatic carboxylic acids is 1. The standard InChI is InChI=1S/C57H95NO7/c1-6-8-10-12-14-16-18-20-22-24-26-27-28-30-32-34-36-38-40-42-44-46-48-56(60)65-53(51-63-50-49-54(57(61)62)58(3,4)5)52-64-55(59)47-45-43-41-39-37-35-33-31-29-25-23-21-19-17-15-13-11-9-7-2/h8,10,14-17,19-22,26-27,30,32,36,38,53-54H,6-7,9,11-13,18,23-25,28-29,31,33-35,37,39-52H2,1-5H3/b10-8+,16-14+,17-15+,21-19+,22-20+,27-26+,32-30+,38-36+. The van der Waals surface area contributed by atoms with Crippen LogP contribution in [0.1, 0.15) is 194 Å². The van der Waals surface area contributed by atoms with Crippen molar-refractivity contribution in [3.05, 3.63) is 97.2 Å². The van der Waals surface area contributed by atoms with Gasteiger partial charge in [0.05, 0.1) is 40.3 Å². The first-order valence-electron chi connectivity index (χ1n) is 25.8. The molecule has 0 aliphatic carbocycles. The summed E-state index contributed by atoms with van der Waals surface area (Å²) >= 11 is 0. The average molecular weight is 906 g/mol. The summed E-state index contributed by atoms with van der Waals surface area (Å²) in [6.07, 6.45) is 62.9. The van der Waals surface area contributed by atoms with Crippen LogP contribution in [-0.2, 0) is 28.6 Å². The van der Waals surface area contributed by atoms with E-state index < -0.39 is 18.1 Å². The van der Waals surface area contributed by atoms with Gasteiger partial charge in [-0.15, -0.1) is 0 Å². The SMILES string of the molecule is CC/C=C/C/C=C/C/C=C/C/C=C/C/C=C/C/C=C/CCCCCC(=O)OC(COCCC(C(=O)[O-])[N+](C)(C)C)COC(=O)CCCCCCCCCCCC/C=C/C=C/CCCCC. The predicted octanol–water partition coefficient (Wildman–Crippen LogP) is 13.7. The molecule has 0 fully saturated rings. The van der Waals surface area contributed by atoms with E-state index in [1.807, 2.05) is 0 Å². The first-order valence-corrected chi connectivity index (χ1v) is 25.8. The molecule has 0 rings (SSSR count). The Morgan fingerprint density at radius 3 is 1.38 bits per heavy atom. The highest BCUT2D eigenvalue weighted by molar-refractivity contribution is 5.70. The van der Waals surface area contributed by atoms with Gasteiger partial charge in [-0.3, -0.25) is 9.59 Å². The fourth-order valence-corrected chi connectivity index (χ4v) is 7.01. The fraction of sp³-hybridized carbons (Fsp3) is 0.667. The quantitative estimate of drug-likeness (QED) is 0.0197. The van der Waals surface area contributed by atoms with Crippen LogP contribution in [0, 0.1) is 0 Å². The zero-order valence-corrected chi connectivity index (χ0v) is 42.1. The van der Waals surface area contributed by atoms with Gasteiger partial charge in [0.15, 0.2) is 6.10 Å². The van der Waals surface area contributed by atoms with E-state index in [0.29, 0.717) is 12.8 Å². The molecule has 2 atom stereocenters. The Morgan fingerprint density at radius 2 is 0.908 bits per heavy atom. The van der Waals surface area contributed by atoms with Gasteiger partial charge < -0.3 is 28.6 Å². The lowest BCUT2D eigenvalue weighted by Gasteiger charge is -2.34. The fourth-order valence-electron chi connectivity index (χ4n) is 7.01. The molecular weight excluding hydrogens is 811 g/mol. The summed E-state index contributed by atoms with van der Waals surface area (Å²) in [7, 11) is 5.39. The molecule has 0 aromatic carbocycles. The summed E-state index contributed by atoms with van der Waals surface area (Å²) in [4.78, 5) is 37.1. The summed E-state index contributed by atoms with van der Waals surface area (Å²) in [6.45, 7) is 4.48. The summed E-state index contributed by atoms with van der Waals surface area (Å²) in [5.41, 5.74) is 0. The number of carbonyl (C=O) groups excluding carboxylic acids is 3. The van der Waals surface area contributed by atoms with Crippen LogP contribution in [-0.4, -0.2) is 75.5 Å². The Kier molecular flexibility index (Phi) is 44.1. The third kappa shape index (κ3) is 45.2. The molecule has 0 aliphatic heterocycles. The molecule has 0 saturated heterocycles. The van der Waals surface area contributed by atoms with E-state index in [9.17, 15) is 19.5 Å². The van der Waals surface area contributed by atoms with Gasteiger partial charge in [-0.25, -0.2) is 0 Å². The minimum absolute atomic E-state index is 0.0204. The van der Waals surface area contributed by atoms with E-state index in [2.05, 4.69) is 111 Å². The molecule has 0 amide bonds. The Balaban J connectivity index is 4.35. The smallest absolute Gasteiger partial charge is 0.306 e. The van der Waals surface area contributed by atoms with Crippen molar-refractivity contribution in [1.29, 1.82) is 0 Å². The van der Waals surface area contributed by atoms with Gasteiger partial charge in [-0.05, 0) is 89.9 Å². The monoisotopic (exact) mass is 906 g/mol. The number of likely N-dealkylation sites (N-methyl/N-ethyl adjacent to an activating group) is 1. The minimum Gasteiger partial charge on any atom is -0.544 e. The van der Waals surface area contributed by atoms with Crippen molar-refractivity contribution in [2.45, 2.75) is 206 Å². The minimum atomic E-state index is -1.13. The molecule has 0 aliphatic rings. The van der Waals surface area contributed by atoms with Crippen molar-refractivity contribution in [2.75, 3.05) is 41.0 Å². The number of rotatable bonds is 45. The summed E-state index contributed by atoms with van der Waals surface area (Å²) < 4.78 is 17.2. The highest BCUT2D eigenvalue weighted by Crippen LogP contribution is 2.14. The van der Waals surface area contributed by atoms with Gasteiger partial charge in [0.1, 0.15) is 12.6 Å². The van der Waals surface area contributed by atoms with Crippen LogP contribution in [0.25, 0.3) is 0 Å². The zero-order valence-electron chi connectivity index (χ0n) is 42.1. The van der Waals surface area contributed by atoms with Gasteiger partial charge in [-0.2, -0.15) is 0 Å². The predicted molar refractivity (Wildman–Crippen MR) is 272 cm³/mol. The van der Waals surface area contributed by atoms with E-state index in [1.165, 1.54) is 77.0 Å². The maximum atomic E-state index is 12.8. The molecular formula is C57H95NO7. The Morgan fingerprint density at radius 1 is 0.492 bits per heavy atom. The van der Waals surface area contributed by atoms with E-state index >= 15 is 0 Å². The first-order chi connectivity index (χ1) is 31.6. The Bertz CT molecular complexity index is 1380. The molecule has 0 saturated carbocycles. The second-order valence-corrected chi connectivity index (χ2v) is 18.1. The van der Waals surface area contributed by atoms with Crippen molar-refractivity contribution in [3.8, 4) is 0 Å². The van der Waals surface area contributed by atoms with Crippen LogP contribution in [0.5, 0.6) is 0 Å². The Labute approximate surface area is 398 Å². The van der Waals surface area contributed by atoms with E-state index in [4.69, 9.17) is 14.2 Å². The van der Waals surface area contributed by atoms with Crippen molar-refractivity contribution in [1.82, 2.24) is 0 Å². The normalized spacial score (nSPS) is 13.7. The average Bonchev–Trinajstić information content (AvgIpc) is 3.27. The summed E-state index contributed by atoms with van der Waals surface area (Å²) in [6, 6.07) is -0.739. The molecule has 0 aromatic rings. The molecule has 0 bridgehead atoms. The van der Waals surface area contributed by atoms with Crippen LogP contribution in [0.3, 0.4) is 0 Å². The summed E-state index contributed by atoms with van der Waals surface area (Å²) in [5, 5.41) is 11.7. The number of hydrogen-bond donors (Lipinski definition) is 0. The Hall–Kier alpha value is -3.75. The number of quaternary nitrogens is 1. The zero-order chi connectivity index (χ0) is 47.7. The van der Waals surface area contributed by atoms with E-state index in [0.717, 1.165) is 77.0 Å². The lowest BCUT2D eigenvalue weighted by atomic mass is 10.1. The number of nitrogens with zero attached hydrogens (tertiary/aromatic N) is 1. The third-order valence-electron chi connectivity index (χ3n) is 11.0.